The Morgan fingerprint density at radius 3 is 2.94 bits per heavy atom. The van der Waals surface area contributed by atoms with Gasteiger partial charge in [-0.15, -0.1) is 11.8 Å². The standard InChI is InChI=1S/C13H17NOS/c1-9-7-11-10(8-13(15-2)16-3)5-4-6-12(11)14-9/h4-7,13-14H,8H2,1-3H3. The molecule has 1 N–H and O–H groups in total. The third-order valence-electron chi connectivity index (χ3n) is 2.80. The number of methoxy groups -OCH3 is 1. The van der Waals surface area contributed by atoms with Crippen molar-refractivity contribution in [3.63, 3.8) is 0 Å². The van der Waals surface area contributed by atoms with Crippen LogP contribution in [0.2, 0.25) is 0 Å². The monoisotopic (exact) mass is 235 g/mol. The van der Waals surface area contributed by atoms with E-state index in [1.807, 2.05) is 0 Å². The van der Waals surface area contributed by atoms with E-state index in [1.165, 1.54) is 22.2 Å². The maximum Gasteiger partial charge on any atom is 0.106 e. The molecule has 0 saturated heterocycles. The van der Waals surface area contributed by atoms with Gasteiger partial charge in [0.2, 0.25) is 0 Å². The van der Waals surface area contributed by atoms with E-state index in [9.17, 15) is 0 Å². The molecule has 1 aromatic carbocycles. The number of aromatic nitrogens is 1. The zero-order valence-corrected chi connectivity index (χ0v) is 10.7. The van der Waals surface area contributed by atoms with Crippen LogP contribution in [0.3, 0.4) is 0 Å². The molecule has 1 atom stereocenters. The van der Waals surface area contributed by atoms with Crippen molar-refractivity contribution < 1.29 is 4.74 Å². The van der Waals surface area contributed by atoms with Gasteiger partial charge >= 0.3 is 0 Å². The van der Waals surface area contributed by atoms with Gasteiger partial charge in [-0.3, -0.25) is 0 Å². The second kappa shape index (κ2) is 4.93. The summed E-state index contributed by atoms with van der Waals surface area (Å²) >= 11 is 1.75. The summed E-state index contributed by atoms with van der Waals surface area (Å²) < 4.78 is 5.41. The summed E-state index contributed by atoms with van der Waals surface area (Å²) in [5.41, 5.74) is 4.01. The third kappa shape index (κ3) is 2.25. The van der Waals surface area contributed by atoms with E-state index >= 15 is 0 Å². The predicted molar refractivity (Wildman–Crippen MR) is 71.1 cm³/mol. The van der Waals surface area contributed by atoms with E-state index in [-0.39, 0.29) is 5.44 Å². The normalized spacial score (nSPS) is 13.2. The van der Waals surface area contributed by atoms with Crippen molar-refractivity contribution in [1.29, 1.82) is 0 Å². The Morgan fingerprint density at radius 1 is 1.44 bits per heavy atom. The van der Waals surface area contributed by atoms with Crippen molar-refractivity contribution in [2.24, 2.45) is 0 Å². The quantitative estimate of drug-likeness (QED) is 0.822. The van der Waals surface area contributed by atoms with Crippen LogP contribution in [-0.2, 0) is 11.2 Å². The number of aryl methyl sites for hydroxylation is 1. The number of aromatic amines is 1. The van der Waals surface area contributed by atoms with E-state index in [2.05, 4.69) is 42.4 Å². The van der Waals surface area contributed by atoms with Crippen molar-refractivity contribution in [3.8, 4) is 0 Å². The smallest absolute Gasteiger partial charge is 0.106 e. The molecule has 1 heterocycles. The summed E-state index contributed by atoms with van der Waals surface area (Å²) in [5.74, 6) is 0. The average molecular weight is 235 g/mol. The Hall–Kier alpha value is -0.930. The van der Waals surface area contributed by atoms with Crippen molar-refractivity contribution in [2.45, 2.75) is 18.8 Å². The number of hydrogen-bond donors (Lipinski definition) is 1. The average Bonchev–Trinajstić information content (AvgIpc) is 2.67. The topological polar surface area (TPSA) is 25.0 Å². The fourth-order valence-electron chi connectivity index (χ4n) is 1.98. The van der Waals surface area contributed by atoms with E-state index in [1.54, 1.807) is 18.9 Å². The van der Waals surface area contributed by atoms with E-state index in [0.29, 0.717) is 0 Å². The van der Waals surface area contributed by atoms with E-state index < -0.39 is 0 Å². The summed E-state index contributed by atoms with van der Waals surface area (Å²) in [4.78, 5) is 3.36. The van der Waals surface area contributed by atoms with Gasteiger partial charge in [0.05, 0.1) is 0 Å². The first-order valence-corrected chi connectivity index (χ1v) is 6.66. The van der Waals surface area contributed by atoms with Crippen LogP contribution >= 0.6 is 11.8 Å². The van der Waals surface area contributed by atoms with Gasteiger partial charge in [0.15, 0.2) is 0 Å². The molecule has 3 heteroatoms. The van der Waals surface area contributed by atoms with Gasteiger partial charge in [-0.05, 0) is 30.9 Å². The van der Waals surface area contributed by atoms with Crippen LogP contribution in [0, 0.1) is 6.92 Å². The molecule has 86 valence electrons. The zero-order chi connectivity index (χ0) is 11.5. The van der Waals surface area contributed by atoms with Crippen LogP contribution in [0.15, 0.2) is 24.3 Å². The minimum Gasteiger partial charge on any atom is -0.370 e. The summed E-state index contributed by atoms with van der Waals surface area (Å²) in [6.45, 7) is 2.09. The molecule has 2 aromatic rings. The third-order valence-corrected chi connectivity index (χ3v) is 3.69. The summed E-state index contributed by atoms with van der Waals surface area (Å²) in [6.07, 6.45) is 3.03. The second-order valence-electron chi connectivity index (χ2n) is 3.94. The van der Waals surface area contributed by atoms with Crippen LogP contribution in [0.25, 0.3) is 10.9 Å². The van der Waals surface area contributed by atoms with Crippen LogP contribution in [0.4, 0.5) is 0 Å². The highest BCUT2D eigenvalue weighted by molar-refractivity contribution is 7.99. The number of ether oxygens (including phenoxy) is 1. The number of benzene rings is 1. The molecule has 2 nitrogen and oxygen atoms in total. The Kier molecular flexibility index (Phi) is 3.56. The van der Waals surface area contributed by atoms with Crippen molar-refractivity contribution in [2.75, 3.05) is 13.4 Å². The molecule has 1 unspecified atom stereocenters. The molecule has 16 heavy (non-hydrogen) atoms. The highest BCUT2D eigenvalue weighted by atomic mass is 32.2. The molecule has 0 radical (unpaired) electrons. The lowest BCUT2D eigenvalue weighted by Gasteiger charge is -2.12. The molecule has 0 saturated carbocycles. The molecule has 1 aromatic heterocycles. The second-order valence-corrected chi connectivity index (χ2v) is 4.93. The minimum absolute atomic E-state index is 0.237. The Labute approximate surface area is 100 Å². The first kappa shape index (κ1) is 11.6. The van der Waals surface area contributed by atoms with Crippen LogP contribution < -0.4 is 0 Å². The summed E-state index contributed by atoms with van der Waals surface area (Å²) in [5, 5.41) is 1.32. The maximum atomic E-state index is 5.41. The number of thioether (sulfide) groups is 1. The molecule has 0 aliphatic carbocycles. The lowest BCUT2D eigenvalue weighted by molar-refractivity contribution is 0.174. The zero-order valence-electron chi connectivity index (χ0n) is 9.91. The Morgan fingerprint density at radius 2 is 2.25 bits per heavy atom. The number of hydrogen-bond acceptors (Lipinski definition) is 2. The Balaban J connectivity index is 2.36. The van der Waals surface area contributed by atoms with Gasteiger partial charge in [0, 0.05) is 30.1 Å². The van der Waals surface area contributed by atoms with Gasteiger partial charge in [-0.1, -0.05) is 12.1 Å². The maximum absolute atomic E-state index is 5.41. The molecule has 0 spiro atoms. The fraction of sp³-hybridized carbons (Fsp3) is 0.385. The number of rotatable bonds is 4. The highest BCUT2D eigenvalue weighted by Crippen LogP contribution is 2.23. The van der Waals surface area contributed by atoms with Gasteiger partial charge in [0.25, 0.3) is 0 Å². The number of fused-ring (bicyclic) bond motifs is 1. The highest BCUT2D eigenvalue weighted by Gasteiger charge is 2.10. The SMILES string of the molecule is COC(Cc1cccc2[nH]c(C)cc12)SC. The molecule has 0 fully saturated rings. The number of H-pyrrole nitrogens is 1. The van der Waals surface area contributed by atoms with Gasteiger partial charge in [-0.25, -0.2) is 0 Å². The van der Waals surface area contributed by atoms with Crippen molar-refractivity contribution in [3.05, 3.63) is 35.5 Å². The minimum atomic E-state index is 0.237. The summed E-state index contributed by atoms with van der Waals surface area (Å²) in [6, 6.07) is 8.60. The van der Waals surface area contributed by atoms with Crippen LogP contribution in [-0.4, -0.2) is 23.8 Å². The number of nitrogens with one attached hydrogen (secondary N) is 1. The van der Waals surface area contributed by atoms with Gasteiger partial charge in [-0.2, -0.15) is 0 Å². The van der Waals surface area contributed by atoms with Crippen LogP contribution in [0.1, 0.15) is 11.3 Å². The molecule has 0 bridgehead atoms. The Bertz CT molecular complexity index is 474. The first-order valence-electron chi connectivity index (χ1n) is 5.37. The lowest BCUT2D eigenvalue weighted by atomic mass is 10.1. The van der Waals surface area contributed by atoms with Gasteiger partial charge < -0.3 is 9.72 Å². The lowest BCUT2D eigenvalue weighted by Crippen LogP contribution is -2.08. The van der Waals surface area contributed by atoms with E-state index in [0.717, 1.165) is 6.42 Å². The van der Waals surface area contributed by atoms with Crippen molar-refractivity contribution >= 4 is 22.7 Å². The van der Waals surface area contributed by atoms with Gasteiger partial charge in [0.1, 0.15) is 5.44 Å². The van der Waals surface area contributed by atoms with Crippen molar-refractivity contribution in [1.82, 2.24) is 4.98 Å². The largest absolute Gasteiger partial charge is 0.370 e. The molecule has 0 amide bonds. The van der Waals surface area contributed by atoms with Crippen LogP contribution in [0.5, 0.6) is 0 Å². The molecule has 0 aliphatic rings. The first-order chi connectivity index (χ1) is 7.74. The molecular weight excluding hydrogens is 218 g/mol. The predicted octanol–water partition coefficient (Wildman–Crippen LogP) is 3.35. The molecule has 0 aliphatic heterocycles. The molecular formula is C13H17NOS. The molecule has 2 rings (SSSR count). The fourth-order valence-corrected chi connectivity index (χ4v) is 2.52. The summed E-state index contributed by atoms with van der Waals surface area (Å²) in [7, 11) is 1.77. The van der Waals surface area contributed by atoms with E-state index in [4.69, 9.17) is 4.74 Å².